The Bertz CT molecular complexity index is 1510. The highest BCUT2D eigenvalue weighted by Gasteiger charge is 2.44. The summed E-state index contributed by atoms with van der Waals surface area (Å²) in [4.78, 5) is 84.7. The van der Waals surface area contributed by atoms with Gasteiger partial charge in [-0.15, -0.1) is 0 Å². The summed E-state index contributed by atoms with van der Waals surface area (Å²) in [5, 5.41) is 11.4. The normalized spacial score (nSPS) is 20.8. The SMILES string of the molecule is NC(=O)CC[C@H](NC(=O)[C@@H]1CCC2CCNC[C@H](NC(=O)[C@@H](N)Cc3ccc(OP(=O)(O)O)cc3)C(=O)N21)C(=O)NCc1ccccc1. The first-order valence-electron chi connectivity index (χ1n) is 15.6. The number of nitrogens with zero attached hydrogens (tertiary/aromatic N) is 1. The fourth-order valence-electron chi connectivity index (χ4n) is 5.83. The number of nitrogens with one attached hydrogen (secondary N) is 4. The van der Waals surface area contributed by atoms with Gasteiger partial charge in [0.15, 0.2) is 0 Å². The van der Waals surface area contributed by atoms with Crippen LogP contribution in [0.1, 0.15) is 43.2 Å². The second kappa shape index (κ2) is 16.7. The van der Waals surface area contributed by atoms with Crippen molar-refractivity contribution in [3.63, 3.8) is 0 Å². The molecule has 2 fully saturated rings. The van der Waals surface area contributed by atoms with Crippen LogP contribution in [0, 0.1) is 0 Å². The molecule has 0 aliphatic carbocycles. The van der Waals surface area contributed by atoms with Gasteiger partial charge in [-0.1, -0.05) is 42.5 Å². The van der Waals surface area contributed by atoms with Gasteiger partial charge in [-0.05, 0) is 61.9 Å². The van der Waals surface area contributed by atoms with Gasteiger partial charge in [0.2, 0.25) is 29.5 Å². The van der Waals surface area contributed by atoms with Gasteiger partial charge in [0, 0.05) is 25.6 Å². The molecule has 16 nitrogen and oxygen atoms in total. The zero-order chi connectivity index (χ0) is 34.8. The third-order valence-electron chi connectivity index (χ3n) is 8.24. The summed E-state index contributed by atoms with van der Waals surface area (Å²) in [5.74, 6) is -2.79. The maximum atomic E-state index is 13.9. The number of hydrogen-bond acceptors (Lipinski definition) is 9. The topological polar surface area (TPSA) is 256 Å². The lowest BCUT2D eigenvalue weighted by atomic mass is 10.0. The van der Waals surface area contributed by atoms with Gasteiger partial charge in [0.05, 0.1) is 6.04 Å². The molecule has 2 aromatic rings. The number of rotatable bonds is 14. The van der Waals surface area contributed by atoms with E-state index >= 15 is 0 Å². The van der Waals surface area contributed by atoms with Crippen molar-refractivity contribution < 1.29 is 42.8 Å². The van der Waals surface area contributed by atoms with Crippen molar-refractivity contribution in [3.8, 4) is 5.75 Å². The van der Waals surface area contributed by atoms with Crippen LogP contribution < -0.4 is 37.3 Å². The summed E-state index contributed by atoms with van der Waals surface area (Å²) in [6.45, 7) is 0.853. The van der Waals surface area contributed by atoms with E-state index in [1.165, 1.54) is 29.2 Å². The highest BCUT2D eigenvalue weighted by Crippen LogP contribution is 2.37. The van der Waals surface area contributed by atoms with Crippen LogP contribution in [0.2, 0.25) is 0 Å². The molecular formula is C31H42N7O9P. The standard InChI is InChI=1S/C31H42N7O9P/c32-23(16-19-6-9-22(10-7-19)47-48(44,45)46)28(40)37-25-18-34-15-14-21-8-12-26(38(21)31(25)43)30(42)36-24(11-13-27(33)39)29(41)35-17-20-4-2-1-3-5-20/h1-7,9-10,21,23-26,34H,8,11-18,32H2,(H2,33,39)(H,35,41)(H,36,42)(H,37,40)(H2,44,45,46)/t21?,23-,24-,25-,26-/m0/s1. The van der Waals surface area contributed by atoms with Crippen LogP contribution in [0.25, 0.3) is 0 Å². The van der Waals surface area contributed by atoms with Crippen LogP contribution in [0.5, 0.6) is 5.75 Å². The van der Waals surface area contributed by atoms with Gasteiger partial charge in [-0.2, -0.15) is 0 Å². The second-order valence-corrected chi connectivity index (χ2v) is 13.0. The molecule has 0 saturated carbocycles. The first-order valence-corrected chi connectivity index (χ1v) is 17.2. The van der Waals surface area contributed by atoms with E-state index in [1.54, 1.807) is 0 Å². The van der Waals surface area contributed by atoms with E-state index in [9.17, 15) is 28.5 Å². The largest absolute Gasteiger partial charge is 0.524 e. The van der Waals surface area contributed by atoms with Crippen LogP contribution in [0.3, 0.4) is 0 Å². The van der Waals surface area contributed by atoms with Gasteiger partial charge in [-0.3, -0.25) is 33.8 Å². The highest BCUT2D eigenvalue weighted by atomic mass is 31.2. The molecule has 4 rings (SSSR count). The van der Waals surface area contributed by atoms with Crippen LogP contribution in [0.4, 0.5) is 0 Å². The molecule has 1 unspecified atom stereocenters. The molecule has 5 atom stereocenters. The van der Waals surface area contributed by atoms with Crippen molar-refractivity contribution in [1.29, 1.82) is 0 Å². The number of benzene rings is 2. The van der Waals surface area contributed by atoms with Crippen molar-refractivity contribution in [2.24, 2.45) is 11.5 Å². The van der Waals surface area contributed by atoms with Gasteiger partial charge in [0.25, 0.3) is 0 Å². The van der Waals surface area contributed by atoms with Gasteiger partial charge >= 0.3 is 7.82 Å². The summed E-state index contributed by atoms with van der Waals surface area (Å²) in [7, 11) is -4.72. The fraction of sp³-hybridized carbons (Fsp3) is 0.452. The van der Waals surface area contributed by atoms with Gasteiger partial charge in [-0.25, -0.2) is 4.57 Å². The lowest BCUT2D eigenvalue weighted by Gasteiger charge is -2.36. The molecule has 2 heterocycles. The van der Waals surface area contributed by atoms with E-state index in [-0.39, 0.29) is 44.1 Å². The minimum Gasteiger partial charge on any atom is -0.404 e. The Kier molecular flexibility index (Phi) is 12.7. The number of hydrogen-bond donors (Lipinski definition) is 8. The zero-order valence-electron chi connectivity index (χ0n) is 26.2. The average Bonchev–Trinajstić information content (AvgIpc) is 3.46. The Balaban J connectivity index is 1.40. The Hall–Kier alpha value is -4.34. The third kappa shape index (κ3) is 10.6. The third-order valence-corrected chi connectivity index (χ3v) is 8.69. The minimum atomic E-state index is -4.72. The molecule has 48 heavy (non-hydrogen) atoms. The molecule has 0 bridgehead atoms. The summed E-state index contributed by atoms with van der Waals surface area (Å²) < 4.78 is 15.6. The van der Waals surface area contributed by atoms with Crippen molar-refractivity contribution in [3.05, 3.63) is 65.7 Å². The zero-order valence-corrected chi connectivity index (χ0v) is 27.1. The molecule has 2 aromatic carbocycles. The molecule has 17 heteroatoms. The van der Waals surface area contributed by atoms with Crippen molar-refractivity contribution in [2.45, 2.75) is 75.3 Å². The number of amides is 5. The molecule has 2 aliphatic heterocycles. The monoisotopic (exact) mass is 687 g/mol. The maximum Gasteiger partial charge on any atom is 0.524 e. The van der Waals surface area contributed by atoms with E-state index in [0.29, 0.717) is 31.4 Å². The maximum absolute atomic E-state index is 13.9. The quantitative estimate of drug-likeness (QED) is 0.111. The predicted octanol–water partition coefficient (Wildman–Crippen LogP) is -1.07. The van der Waals surface area contributed by atoms with Crippen molar-refractivity contribution >= 4 is 37.4 Å². The first kappa shape index (κ1) is 36.5. The number of fused-ring (bicyclic) bond motifs is 1. The van der Waals surface area contributed by atoms with Crippen molar-refractivity contribution in [1.82, 2.24) is 26.2 Å². The van der Waals surface area contributed by atoms with Crippen LogP contribution in [-0.4, -0.2) is 87.5 Å². The van der Waals surface area contributed by atoms with E-state index in [4.69, 9.17) is 21.3 Å². The number of nitrogens with two attached hydrogens (primary N) is 2. The molecule has 0 aromatic heterocycles. The summed E-state index contributed by atoms with van der Waals surface area (Å²) in [6, 6.07) is 10.5. The number of phosphoric ester groups is 1. The number of phosphoric acid groups is 1. The van der Waals surface area contributed by atoms with E-state index in [1.807, 2.05) is 30.3 Å². The molecule has 2 aliphatic rings. The fourth-order valence-corrected chi connectivity index (χ4v) is 6.23. The summed E-state index contributed by atoms with van der Waals surface area (Å²) in [5.41, 5.74) is 12.9. The smallest absolute Gasteiger partial charge is 0.404 e. The Morgan fingerprint density at radius 2 is 1.71 bits per heavy atom. The molecule has 10 N–H and O–H groups in total. The molecular weight excluding hydrogens is 645 g/mol. The van der Waals surface area contributed by atoms with Gasteiger partial charge < -0.3 is 42.2 Å². The van der Waals surface area contributed by atoms with Crippen LogP contribution >= 0.6 is 7.82 Å². The number of carbonyl (C=O) groups is 5. The minimum absolute atomic E-state index is 0.0221. The molecule has 0 radical (unpaired) electrons. The van der Waals surface area contributed by atoms with Crippen molar-refractivity contribution in [2.75, 3.05) is 13.1 Å². The molecule has 2 saturated heterocycles. The van der Waals surface area contributed by atoms with E-state index < -0.39 is 61.5 Å². The number of carbonyl (C=O) groups excluding carboxylic acids is 5. The lowest BCUT2D eigenvalue weighted by molar-refractivity contribution is -0.144. The highest BCUT2D eigenvalue weighted by molar-refractivity contribution is 7.46. The predicted molar refractivity (Wildman–Crippen MR) is 173 cm³/mol. The van der Waals surface area contributed by atoms with Crippen LogP contribution in [0.15, 0.2) is 54.6 Å². The van der Waals surface area contributed by atoms with E-state index in [0.717, 1.165) is 5.56 Å². The van der Waals surface area contributed by atoms with E-state index in [2.05, 4.69) is 25.8 Å². The summed E-state index contributed by atoms with van der Waals surface area (Å²) in [6.07, 6.45) is 1.38. The Labute approximate surface area is 277 Å². The van der Waals surface area contributed by atoms with Gasteiger partial charge in [0.1, 0.15) is 23.9 Å². The Morgan fingerprint density at radius 1 is 1.00 bits per heavy atom. The Morgan fingerprint density at radius 3 is 2.38 bits per heavy atom. The molecule has 260 valence electrons. The number of primary amides is 1. The second-order valence-electron chi connectivity index (χ2n) is 11.9. The first-order chi connectivity index (χ1) is 22.8. The lowest BCUT2D eigenvalue weighted by Crippen LogP contribution is -2.62. The molecule has 5 amide bonds. The average molecular weight is 688 g/mol. The molecule has 0 spiro atoms. The summed E-state index contributed by atoms with van der Waals surface area (Å²) >= 11 is 0. The van der Waals surface area contributed by atoms with Crippen LogP contribution in [-0.2, 0) is 41.5 Å².